The smallest absolute Gasteiger partial charge is 0.427 e. The highest BCUT2D eigenvalue weighted by molar-refractivity contribution is 5.77. The average molecular weight is 222 g/mol. The van der Waals surface area contributed by atoms with Crippen LogP contribution in [0.25, 0.3) is 0 Å². The normalized spacial score (nSPS) is 23.4. The van der Waals surface area contributed by atoms with E-state index in [0.717, 1.165) is 5.76 Å². The number of nitrogens with zero attached hydrogens (tertiary/aromatic N) is 1. The van der Waals surface area contributed by atoms with Gasteiger partial charge in [0.25, 0.3) is 0 Å². The number of ether oxygens (including phenoxy) is 1. The molecule has 1 aromatic rings. The number of amides is 1. The lowest BCUT2D eigenvalue weighted by Gasteiger charge is -1.94. The maximum Gasteiger partial charge on any atom is 0.427 e. The molecule has 0 aromatic carbocycles. The van der Waals surface area contributed by atoms with Crippen molar-refractivity contribution in [1.29, 1.82) is 0 Å². The second-order valence-electron chi connectivity index (χ2n) is 3.92. The summed E-state index contributed by atoms with van der Waals surface area (Å²) in [6, 6.07) is 3.79. The van der Waals surface area contributed by atoms with E-state index < -0.39 is 6.09 Å². The van der Waals surface area contributed by atoms with E-state index in [4.69, 9.17) is 4.42 Å². The van der Waals surface area contributed by atoms with Crippen molar-refractivity contribution in [2.45, 2.75) is 19.3 Å². The summed E-state index contributed by atoms with van der Waals surface area (Å²) in [7, 11) is 1.28. The summed E-state index contributed by atoms with van der Waals surface area (Å²) in [5, 5.41) is 3.68. The molecule has 5 heteroatoms. The molecular formula is C11H14N2O3. The minimum absolute atomic E-state index is 0.552. The summed E-state index contributed by atoms with van der Waals surface area (Å²) < 4.78 is 9.91. The van der Waals surface area contributed by atoms with Gasteiger partial charge in [-0.3, -0.25) is 0 Å². The number of rotatable bonds is 3. The number of furan rings is 1. The van der Waals surface area contributed by atoms with E-state index in [1.807, 2.05) is 12.1 Å². The van der Waals surface area contributed by atoms with Gasteiger partial charge in [-0.2, -0.15) is 5.10 Å². The molecule has 1 heterocycles. The Morgan fingerprint density at radius 3 is 3.06 bits per heavy atom. The van der Waals surface area contributed by atoms with Gasteiger partial charge in [0.15, 0.2) is 0 Å². The monoisotopic (exact) mass is 222 g/mol. The predicted octanol–water partition coefficient (Wildman–Crippen LogP) is 2.09. The van der Waals surface area contributed by atoms with Crippen molar-refractivity contribution in [2.75, 3.05) is 7.11 Å². The third-order valence-corrected chi connectivity index (χ3v) is 2.66. The van der Waals surface area contributed by atoms with Gasteiger partial charge >= 0.3 is 6.09 Å². The topological polar surface area (TPSA) is 63.8 Å². The highest BCUT2D eigenvalue weighted by atomic mass is 16.5. The molecule has 0 bridgehead atoms. The summed E-state index contributed by atoms with van der Waals surface area (Å²) in [6.45, 7) is 2.19. The van der Waals surface area contributed by atoms with Crippen molar-refractivity contribution in [1.82, 2.24) is 5.43 Å². The van der Waals surface area contributed by atoms with E-state index in [2.05, 4.69) is 22.2 Å². The Hall–Kier alpha value is -1.78. The summed E-state index contributed by atoms with van der Waals surface area (Å²) >= 11 is 0. The lowest BCUT2D eigenvalue weighted by molar-refractivity contribution is 0.171. The van der Waals surface area contributed by atoms with Crippen LogP contribution in [0.2, 0.25) is 0 Å². The first kappa shape index (κ1) is 10.7. The highest BCUT2D eigenvalue weighted by Crippen LogP contribution is 2.47. The third kappa shape index (κ3) is 2.42. The maximum absolute atomic E-state index is 10.7. The van der Waals surface area contributed by atoms with E-state index in [9.17, 15) is 4.79 Å². The first-order valence-corrected chi connectivity index (χ1v) is 5.17. The zero-order valence-electron chi connectivity index (χ0n) is 9.27. The molecule has 0 aliphatic heterocycles. The largest absolute Gasteiger partial charge is 0.460 e. The molecule has 0 saturated heterocycles. The Morgan fingerprint density at radius 1 is 1.69 bits per heavy atom. The lowest BCUT2D eigenvalue weighted by Crippen LogP contribution is -2.16. The van der Waals surface area contributed by atoms with E-state index in [1.54, 1.807) is 0 Å². The van der Waals surface area contributed by atoms with Crippen molar-refractivity contribution in [2.24, 2.45) is 11.0 Å². The number of methoxy groups -OCH3 is 1. The molecular weight excluding hydrogens is 208 g/mol. The SMILES string of the molecule is COC(=O)N/N=C\c1ccc([C@@H]2C[C@@H]2C)o1. The number of hydrogen-bond acceptors (Lipinski definition) is 4. The molecule has 1 aliphatic rings. The van der Waals surface area contributed by atoms with Crippen LogP contribution in [0.3, 0.4) is 0 Å². The maximum atomic E-state index is 10.7. The van der Waals surface area contributed by atoms with Gasteiger partial charge in [-0.05, 0) is 24.5 Å². The van der Waals surface area contributed by atoms with Gasteiger partial charge in [-0.25, -0.2) is 10.2 Å². The molecule has 2 atom stereocenters. The summed E-state index contributed by atoms with van der Waals surface area (Å²) in [6.07, 6.45) is 2.04. The molecule has 0 unspecified atom stereocenters. The standard InChI is InChI=1S/C11H14N2O3/c1-7-5-9(7)10-4-3-8(16-10)6-12-13-11(14)15-2/h3-4,6-7,9H,5H2,1-2H3,(H,13,14)/b12-6-/t7-,9+/m0/s1. The van der Waals surface area contributed by atoms with Gasteiger partial charge < -0.3 is 9.15 Å². The zero-order valence-corrected chi connectivity index (χ0v) is 9.27. The quantitative estimate of drug-likeness (QED) is 0.629. The van der Waals surface area contributed by atoms with Gasteiger partial charge in [0.2, 0.25) is 0 Å². The van der Waals surface area contributed by atoms with Gasteiger partial charge in [-0.15, -0.1) is 0 Å². The lowest BCUT2D eigenvalue weighted by atomic mass is 10.3. The molecule has 2 rings (SSSR count). The van der Waals surface area contributed by atoms with Crippen LogP contribution in [0.15, 0.2) is 21.7 Å². The molecule has 16 heavy (non-hydrogen) atoms. The molecule has 1 aliphatic carbocycles. The van der Waals surface area contributed by atoms with Crippen LogP contribution in [0.5, 0.6) is 0 Å². The van der Waals surface area contributed by atoms with Gasteiger partial charge in [0, 0.05) is 5.92 Å². The van der Waals surface area contributed by atoms with Gasteiger partial charge in [0.05, 0.1) is 13.3 Å². The molecule has 0 spiro atoms. The van der Waals surface area contributed by atoms with Crippen molar-refractivity contribution in [3.8, 4) is 0 Å². The molecule has 86 valence electrons. The van der Waals surface area contributed by atoms with E-state index >= 15 is 0 Å². The Morgan fingerprint density at radius 2 is 2.44 bits per heavy atom. The van der Waals surface area contributed by atoms with Crippen molar-refractivity contribution in [3.63, 3.8) is 0 Å². The van der Waals surface area contributed by atoms with Crippen LogP contribution in [0.1, 0.15) is 30.8 Å². The van der Waals surface area contributed by atoms with Gasteiger partial charge in [-0.1, -0.05) is 6.92 Å². The second-order valence-corrected chi connectivity index (χ2v) is 3.92. The zero-order chi connectivity index (χ0) is 11.5. The van der Waals surface area contributed by atoms with Crippen LogP contribution in [-0.2, 0) is 4.74 Å². The number of carbonyl (C=O) groups excluding carboxylic acids is 1. The van der Waals surface area contributed by atoms with E-state index in [1.165, 1.54) is 19.7 Å². The molecule has 0 radical (unpaired) electrons. The Labute approximate surface area is 93.5 Å². The first-order chi connectivity index (χ1) is 7.70. The van der Waals surface area contributed by atoms with Crippen LogP contribution in [0, 0.1) is 5.92 Å². The van der Waals surface area contributed by atoms with Crippen LogP contribution in [-0.4, -0.2) is 19.4 Å². The molecule has 1 saturated carbocycles. The Kier molecular flexibility index (Phi) is 2.94. The van der Waals surface area contributed by atoms with Crippen molar-refractivity contribution >= 4 is 12.3 Å². The Balaban J connectivity index is 1.90. The second kappa shape index (κ2) is 4.38. The third-order valence-electron chi connectivity index (χ3n) is 2.66. The molecule has 1 aromatic heterocycles. The number of nitrogens with one attached hydrogen (secondary N) is 1. The fourth-order valence-corrected chi connectivity index (χ4v) is 1.55. The molecule has 5 nitrogen and oxygen atoms in total. The fraction of sp³-hybridized carbons (Fsp3) is 0.455. The van der Waals surface area contributed by atoms with E-state index in [0.29, 0.717) is 17.6 Å². The van der Waals surface area contributed by atoms with Gasteiger partial charge in [0.1, 0.15) is 11.5 Å². The number of hydrogen-bond donors (Lipinski definition) is 1. The average Bonchev–Trinajstić information content (AvgIpc) is 2.82. The number of carbonyl (C=O) groups is 1. The summed E-state index contributed by atoms with van der Waals surface area (Å²) in [5.74, 6) is 2.89. The minimum atomic E-state index is -0.598. The first-order valence-electron chi connectivity index (χ1n) is 5.17. The number of hydrazone groups is 1. The minimum Gasteiger partial charge on any atom is -0.460 e. The highest BCUT2D eigenvalue weighted by Gasteiger charge is 2.36. The molecule has 1 amide bonds. The Bertz CT molecular complexity index is 411. The fourth-order valence-electron chi connectivity index (χ4n) is 1.55. The van der Waals surface area contributed by atoms with Crippen LogP contribution in [0.4, 0.5) is 4.79 Å². The van der Waals surface area contributed by atoms with Crippen molar-refractivity contribution < 1.29 is 13.9 Å². The molecule has 1 N–H and O–H groups in total. The van der Waals surface area contributed by atoms with Crippen LogP contribution < -0.4 is 5.43 Å². The summed E-state index contributed by atoms with van der Waals surface area (Å²) in [5.41, 5.74) is 2.19. The summed E-state index contributed by atoms with van der Waals surface area (Å²) in [4.78, 5) is 10.7. The van der Waals surface area contributed by atoms with Crippen molar-refractivity contribution in [3.05, 3.63) is 23.7 Å². The molecule has 1 fully saturated rings. The predicted molar refractivity (Wildman–Crippen MR) is 58.4 cm³/mol. The van der Waals surface area contributed by atoms with Crippen LogP contribution >= 0.6 is 0 Å². The van der Waals surface area contributed by atoms with E-state index in [-0.39, 0.29) is 0 Å².